The molecular formula is C20H28N2O4S2. The van der Waals surface area contributed by atoms with E-state index >= 15 is 0 Å². The summed E-state index contributed by atoms with van der Waals surface area (Å²) in [7, 11) is -3.08. The van der Waals surface area contributed by atoms with E-state index < -0.39 is 9.84 Å². The van der Waals surface area contributed by atoms with Crippen LogP contribution in [-0.2, 0) is 14.6 Å². The first kappa shape index (κ1) is 21.2. The van der Waals surface area contributed by atoms with Crippen LogP contribution in [0.1, 0.15) is 40.0 Å². The van der Waals surface area contributed by atoms with E-state index in [4.69, 9.17) is 4.74 Å². The van der Waals surface area contributed by atoms with Crippen molar-refractivity contribution in [2.75, 3.05) is 23.0 Å². The van der Waals surface area contributed by atoms with Crippen LogP contribution < -0.4 is 9.64 Å². The van der Waals surface area contributed by atoms with Gasteiger partial charge in [0.2, 0.25) is 0 Å². The number of sulfone groups is 1. The highest BCUT2D eigenvalue weighted by atomic mass is 32.2. The maximum atomic E-state index is 12.4. The van der Waals surface area contributed by atoms with Crippen molar-refractivity contribution in [2.24, 2.45) is 10.9 Å². The predicted molar refractivity (Wildman–Crippen MR) is 115 cm³/mol. The summed E-state index contributed by atoms with van der Waals surface area (Å²) in [6.07, 6.45) is 2.75. The maximum absolute atomic E-state index is 12.4. The van der Waals surface area contributed by atoms with Crippen molar-refractivity contribution in [2.45, 2.75) is 51.3 Å². The van der Waals surface area contributed by atoms with E-state index in [1.807, 2.05) is 43.0 Å². The van der Waals surface area contributed by atoms with Gasteiger partial charge < -0.3 is 9.64 Å². The van der Waals surface area contributed by atoms with Gasteiger partial charge in [-0.15, -0.1) is 0 Å². The lowest BCUT2D eigenvalue weighted by molar-refractivity contribution is -0.121. The summed E-state index contributed by atoms with van der Waals surface area (Å²) < 4.78 is 30.2. The zero-order valence-electron chi connectivity index (χ0n) is 16.6. The van der Waals surface area contributed by atoms with Gasteiger partial charge in [-0.1, -0.05) is 45.0 Å². The highest BCUT2D eigenvalue weighted by Crippen LogP contribution is 2.41. The van der Waals surface area contributed by atoms with Gasteiger partial charge in [0, 0.05) is 22.9 Å². The van der Waals surface area contributed by atoms with Gasteiger partial charge in [0.15, 0.2) is 15.0 Å². The molecule has 0 unspecified atom stereocenters. The van der Waals surface area contributed by atoms with Gasteiger partial charge in [0.05, 0.1) is 24.2 Å². The summed E-state index contributed by atoms with van der Waals surface area (Å²) >= 11 is 1.41. The largest absolute Gasteiger partial charge is 0.494 e. The molecule has 1 aromatic rings. The summed E-state index contributed by atoms with van der Waals surface area (Å²) in [5.74, 6) is 0.647. The normalized spacial score (nSPS) is 25.7. The van der Waals surface area contributed by atoms with Crippen molar-refractivity contribution in [3.05, 3.63) is 24.3 Å². The van der Waals surface area contributed by atoms with Gasteiger partial charge >= 0.3 is 0 Å². The van der Waals surface area contributed by atoms with E-state index in [0.29, 0.717) is 11.8 Å². The Morgan fingerprint density at radius 3 is 2.86 bits per heavy atom. The number of nitrogens with zero attached hydrogens (tertiary/aromatic N) is 2. The number of ether oxygens (including phenoxy) is 1. The van der Waals surface area contributed by atoms with E-state index in [-0.39, 0.29) is 34.6 Å². The third-order valence-electron chi connectivity index (χ3n) is 5.17. The van der Waals surface area contributed by atoms with Gasteiger partial charge in [-0.2, -0.15) is 4.99 Å². The minimum absolute atomic E-state index is 0.0854. The van der Waals surface area contributed by atoms with Crippen LogP contribution >= 0.6 is 11.8 Å². The zero-order chi connectivity index (χ0) is 20.3. The van der Waals surface area contributed by atoms with Crippen molar-refractivity contribution in [1.29, 1.82) is 0 Å². The van der Waals surface area contributed by atoms with Crippen molar-refractivity contribution in [3.8, 4) is 5.75 Å². The van der Waals surface area contributed by atoms with Gasteiger partial charge in [-0.25, -0.2) is 8.42 Å². The first-order valence-electron chi connectivity index (χ1n) is 9.86. The molecule has 3 rings (SSSR count). The molecule has 0 spiro atoms. The molecule has 0 radical (unpaired) electrons. The lowest BCUT2D eigenvalue weighted by Crippen LogP contribution is -2.37. The average molecular weight is 425 g/mol. The molecule has 2 fully saturated rings. The second-order valence-corrected chi connectivity index (χ2v) is 10.8. The number of rotatable bonds is 7. The van der Waals surface area contributed by atoms with E-state index in [0.717, 1.165) is 30.7 Å². The number of fused-ring (bicyclic) bond motifs is 1. The Labute approximate surface area is 171 Å². The van der Waals surface area contributed by atoms with Gasteiger partial charge in [-0.3, -0.25) is 4.79 Å². The lowest BCUT2D eigenvalue weighted by atomic mass is 10.1. The predicted octanol–water partition coefficient (Wildman–Crippen LogP) is 3.51. The topological polar surface area (TPSA) is 76.0 Å². The number of hydrogen-bond acceptors (Lipinski definition) is 5. The molecule has 0 bridgehead atoms. The van der Waals surface area contributed by atoms with Crippen LogP contribution in [-0.4, -0.2) is 48.9 Å². The van der Waals surface area contributed by atoms with Crippen LogP contribution in [0.4, 0.5) is 5.69 Å². The van der Waals surface area contributed by atoms with Gasteiger partial charge in [0.25, 0.3) is 5.91 Å². The Bertz CT molecular complexity index is 854. The molecule has 0 N–H and O–H groups in total. The first-order valence-corrected chi connectivity index (χ1v) is 12.6. The number of carbonyl (C=O) groups is 1. The SMILES string of the molecule is CCCCOc1cccc(N2C(=NC(=O)[C@H](C)CC)S[C@@H]3CS(=O)(=O)C[C@@H]32)c1. The Kier molecular flexibility index (Phi) is 6.70. The molecule has 154 valence electrons. The highest BCUT2D eigenvalue weighted by molar-refractivity contribution is 8.16. The molecule has 2 saturated heterocycles. The molecular weight excluding hydrogens is 396 g/mol. The Morgan fingerprint density at radius 1 is 1.36 bits per heavy atom. The number of thioether (sulfide) groups is 1. The van der Waals surface area contributed by atoms with E-state index in [1.165, 1.54) is 11.8 Å². The van der Waals surface area contributed by atoms with Crippen molar-refractivity contribution in [3.63, 3.8) is 0 Å². The molecule has 1 aromatic carbocycles. The Morgan fingerprint density at radius 2 is 2.14 bits per heavy atom. The minimum atomic E-state index is -3.08. The van der Waals surface area contributed by atoms with Crippen LogP contribution in [0.15, 0.2) is 29.3 Å². The molecule has 2 aliphatic heterocycles. The molecule has 0 aromatic heterocycles. The number of amidine groups is 1. The Hall–Kier alpha value is -1.54. The van der Waals surface area contributed by atoms with Crippen LogP contribution in [0.25, 0.3) is 0 Å². The second kappa shape index (κ2) is 8.86. The zero-order valence-corrected chi connectivity index (χ0v) is 18.3. The summed E-state index contributed by atoms with van der Waals surface area (Å²) in [5.41, 5.74) is 0.821. The third-order valence-corrected chi connectivity index (χ3v) is 8.38. The number of carbonyl (C=O) groups excluding carboxylic acids is 1. The molecule has 0 saturated carbocycles. The molecule has 0 aliphatic carbocycles. The van der Waals surface area contributed by atoms with E-state index in [2.05, 4.69) is 11.9 Å². The number of anilines is 1. The van der Waals surface area contributed by atoms with E-state index in [9.17, 15) is 13.2 Å². The number of aliphatic imine (C=N–C) groups is 1. The quantitative estimate of drug-likeness (QED) is 0.624. The summed E-state index contributed by atoms with van der Waals surface area (Å²) in [6.45, 7) is 6.58. The fraction of sp³-hybridized carbons (Fsp3) is 0.600. The van der Waals surface area contributed by atoms with Crippen LogP contribution in [0.3, 0.4) is 0 Å². The smallest absolute Gasteiger partial charge is 0.250 e. The number of hydrogen-bond donors (Lipinski definition) is 0. The Balaban J connectivity index is 1.92. The summed E-state index contributed by atoms with van der Waals surface area (Å²) in [4.78, 5) is 18.7. The fourth-order valence-corrected chi connectivity index (χ4v) is 7.22. The average Bonchev–Trinajstić information content (AvgIpc) is 3.12. The first-order chi connectivity index (χ1) is 13.3. The number of amides is 1. The highest BCUT2D eigenvalue weighted by Gasteiger charge is 2.49. The molecule has 3 atom stereocenters. The summed E-state index contributed by atoms with van der Waals surface area (Å²) in [6, 6.07) is 7.42. The van der Waals surface area contributed by atoms with Crippen LogP contribution in [0, 0.1) is 5.92 Å². The molecule has 2 aliphatic rings. The van der Waals surface area contributed by atoms with Crippen molar-refractivity contribution in [1.82, 2.24) is 0 Å². The monoisotopic (exact) mass is 424 g/mol. The summed E-state index contributed by atoms with van der Waals surface area (Å²) in [5, 5.41) is 0.499. The van der Waals surface area contributed by atoms with Crippen molar-refractivity contribution < 1.29 is 17.9 Å². The lowest BCUT2D eigenvalue weighted by Gasteiger charge is -2.25. The third kappa shape index (κ3) is 4.71. The molecule has 1 amide bonds. The fourth-order valence-electron chi connectivity index (χ4n) is 3.30. The second-order valence-electron chi connectivity index (χ2n) is 7.41. The molecule has 28 heavy (non-hydrogen) atoms. The van der Waals surface area contributed by atoms with Crippen molar-refractivity contribution >= 4 is 38.4 Å². The molecule has 8 heteroatoms. The van der Waals surface area contributed by atoms with Gasteiger partial charge in [0.1, 0.15) is 5.75 Å². The molecule has 6 nitrogen and oxygen atoms in total. The van der Waals surface area contributed by atoms with Crippen LogP contribution in [0.5, 0.6) is 5.75 Å². The standard InChI is InChI=1S/C20H28N2O4S2/c1-4-6-10-26-16-9-7-8-15(11-16)22-17-12-28(24,25)13-18(17)27-20(22)21-19(23)14(3)5-2/h7-9,11,14,17-18H,4-6,10,12-13H2,1-3H3/t14-,17+,18-/m1/s1. The minimum Gasteiger partial charge on any atom is -0.494 e. The molecule has 2 heterocycles. The number of benzene rings is 1. The number of unbranched alkanes of at least 4 members (excludes halogenated alkanes) is 1. The van der Waals surface area contributed by atoms with E-state index in [1.54, 1.807) is 0 Å². The van der Waals surface area contributed by atoms with Crippen LogP contribution in [0.2, 0.25) is 0 Å². The van der Waals surface area contributed by atoms with Gasteiger partial charge in [-0.05, 0) is 25.0 Å². The maximum Gasteiger partial charge on any atom is 0.250 e.